The van der Waals surface area contributed by atoms with E-state index in [-0.39, 0.29) is 0 Å². The van der Waals surface area contributed by atoms with E-state index in [0.717, 1.165) is 11.8 Å². The topological polar surface area (TPSA) is 0 Å². The summed E-state index contributed by atoms with van der Waals surface area (Å²) in [5.74, 6) is 1.78. The van der Waals surface area contributed by atoms with E-state index >= 15 is 0 Å². The molecular formula is C18H27Br. The summed E-state index contributed by atoms with van der Waals surface area (Å²) in [6.45, 7) is 7.19. The first-order valence-corrected chi connectivity index (χ1v) is 8.56. The lowest BCUT2D eigenvalue weighted by molar-refractivity contribution is 0.149. The molecular weight excluding hydrogens is 296 g/mol. The van der Waals surface area contributed by atoms with Crippen LogP contribution in [0.2, 0.25) is 0 Å². The van der Waals surface area contributed by atoms with Crippen LogP contribution in [-0.2, 0) is 6.42 Å². The Balaban J connectivity index is 1.84. The summed E-state index contributed by atoms with van der Waals surface area (Å²) in [7, 11) is 0. The van der Waals surface area contributed by atoms with Crippen LogP contribution in [0.3, 0.4) is 0 Å². The van der Waals surface area contributed by atoms with Crippen molar-refractivity contribution in [3.05, 3.63) is 35.9 Å². The van der Waals surface area contributed by atoms with E-state index in [1.807, 2.05) is 0 Å². The largest absolute Gasteiger partial charge is 0.0884 e. The van der Waals surface area contributed by atoms with Crippen LogP contribution in [0.25, 0.3) is 0 Å². The maximum atomic E-state index is 3.95. The van der Waals surface area contributed by atoms with Crippen LogP contribution in [0, 0.1) is 17.3 Å². The molecule has 0 bridgehead atoms. The summed E-state index contributed by atoms with van der Waals surface area (Å²) in [5.41, 5.74) is 1.95. The first kappa shape index (κ1) is 15.1. The highest BCUT2D eigenvalue weighted by molar-refractivity contribution is 9.09. The Morgan fingerprint density at radius 1 is 1.05 bits per heavy atom. The van der Waals surface area contributed by atoms with Gasteiger partial charge in [0, 0.05) is 4.83 Å². The number of rotatable bonds is 3. The SMILES string of the molecule is CC(C)(C)C1CCC(C(Br)Cc2ccccc2)CC1. The monoisotopic (exact) mass is 322 g/mol. The van der Waals surface area contributed by atoms with E-state index in [1.54, 1.807) is 0 Å². The molecule has 0 nitrogen and oxygen atoms in total. The van der Waals surface area contributed by atoms with Crippen LogP contribution in [0.4, 0.5) is 0 Å². The molecule has 0 amide bonds. The van der Waals surface area contributed by atoms with E-state index in [9.17, 15) is 0 Å². The third-order valence-electron chi connectivity index (χ3n) is 4.78. The second kappa shape index (κ2) is 6.43. The lowest BCUT2D eigenvalue weighted by Crippen LogP contribution is -2.29. The summed E-state index contributed by atoms with van der Waals surface area (Å²) in [6, 6.07) is 10.9. The van der Waals surface area contributed by atoms with Crippen LogP contribution < -0.4 is 0 Å². The van der Waals surface area contributed by atoms with Crippen LogP contribution in [-0.4, -0.2) is 4.83 Å². The Bertz CT molecular complexity index is 368. The molecule has 1 aliphatic rings. The van der Waals surface area contributed by atoms with Crippen molar-refractivity contribution in [3.63, 3.8) is 0 Å². The molecule has 1 unspecified atom stereocenters. The minimum Gasteiger partial charge on any atom is -0.0884 e. The second-order valence-electron chi connectivity index (χ2n) is 7.18. The van der Waals surface area contributed by atoms with Gasteiger partial charge in [0.25, 0.3) is 0 Å². The highest BCUT2D eigenvalue weighted by Crippen LogP contribution is 2.42. The average Bonchev–Trinajstić information content (AvgIpc) is 2.39. The molecule has 0 heterocycles. The van der Waals surface area contributed by atoms with Gasteiger partial charge in [-0.3, -0.25) is 0 Å². The van der Waals surface area contributed by atoms with Crippen LogP contribution in [0.5, 0.6) is 0 Å². The van der Waals surface area contributed by atoms with Gasteiger partial charge in [0.15, 0.2) is 0 Å². The Labute approximate surface area is 127 Å². The number of alkyl halides is 1. The predicted molar refractivity (Wildman–Crippen MR) is 87.8 cm³/mol. The molecule has 0 aromatic heterocycles. The second-order valence-corrected chi connectivity index (χ2v) is 8.36. The fraction of sp³-hybridized carbons (Fsp3) is 0.667. The van der Waals surface area contributed by atoms with Gasteiger partial charge in [-0.1, -0.05) is 67.0 Å². The average molecular weight is 323 g/mol. The molecule has 2 rings (SSSR count). The molecule has 1 aromatic rings. The van der Waals surface area contributed by atoms with Crippen molar-refractivity contribution in [2.75, 3.05) is 0 Å². The zero-order valence-corrected chi connectivity index (χ0v) is 14.1. The molecule has 1 atom stereocenters. The molecule has 19 heavy (non-hydrogen) atoms. The molecule has 1 saturated carbocycles. The molecule has 0 saturated heterocycles. The zero-order valence-electron chi connectivity index (χ0n) is 12.5. The van der Waals surface area contributed by atoms with E-state index < -0.39 is 0 Å². The molecule has 1 aliphatic carbocycles. The van der Waals surface area contributed by atoms with E-state index in [2.05, 4.69) is 67.0 Å². The van der Waals surface area contributed by atoms with Crippen LogP contribution in [0.15, 0.2) is 30.3 Å². The van der Waals surface area contributed by atoms with Crippen molar-refractivity contribution in [2.24, 2.45) is 17.3 Å². The van der Waals surface area contributed by atoms with Gasteiger partial charge in [0.1, 0.15) is 0 Å². The standard InChI is InChI=1S/C18H27Br/c1-18(2,3)16-11-9-15(10-12-16)17(19)13-14-7-5-4-6-8-14/h4-8,15-17H,9-13H2,1-3H3. The molecule has 0 N–H and O–H groups in total. The van der Waals surface area contributed by atoms with Gasteiger partial charge in [0.2, 0.25) is 0 Å². The summed E-state index contributed by atoms with van der Waals surface area (Å²) in [5, 5.41) is 0. The van der Waals surface area contributed by atoms with Crippen molar-refractivity contribution in [2.45, 2.75) is 57.7 Å². The van der Waals surface area contributed by atoms with E-state index in [1.165, 1.54) is 37.7 Å². The maximum Gasteiger partial charge on any atom is 0.0214 e. The summed E-state index contributed by atoms with van der Waals surface area (Å²) in [4.78, 5) is 0.649. The van der Waals surface area contributed by atoms with Crippen molar-refractivity contribution >= 4 is 15.9 Å². The fourth-order valence-electron chi connectivity index (χ4n) is 3.35. The quantitative estimate of drug-likeness (QED) is 0.613. The predicted octanol–water partition coefficient (Wildman–Crippen LogP) is 5.85. The van der Waals surface area contributed by atoms with Gasteiger partial charge in [-0.2, -0.15) is 0 Å². The Kier molecular flexibility index (Phi) is 5.11. The minimum atomic E-state index is 0.492. The molecule has 0 aliphatic heterocycles. The lowest BCUT2D eigenvalue weighted by Gasteiger charge is -2.38. The Morgan fingerprint density at radius 3 is 2.16 bits per heavy atom. The van der Waals surface area contributed by atoms with Crippen LogP contribution >= 0.6 is 15.9 Å². The normalized spacial score (nSPS) is 26.1. The Morgan fingerprint density at radius 2 is 1.63 bits per heavy atom. The van der Waals surface area contributed by atoms with Crippen molar-refractivity contribution < 1.29 is 0 Å². The van der Waals surface area contributed by atoms with Crippen molar-refractivity contribution in [1.29, 1.82) is 0 Å². The number of benzene rings is 1. The van der Waals surface area contributed by atoms with E-state index in [4.69, 9.17) is 0 Å². The van der Waals surface area contributed by atoms with Crippen molar-refractivity contribution in [1.82, 2.24) is 0 Å². The smallest absolute Gasteiger partial charge is 0.0214 e. The first-order valence-electron chi connectivity index (χ1n) is 7.65. The Hall–Kier alpha value is -0.300. The molecule has 0 radical (unpaired) electrons. The maximum absolute atomic E-state index is 3.95. The molecule has 1 aromatic carbocycles. The number of hydrogen-bond acceptors (Lipinski definition) is 0. The van der Waals surface area contributed by atoms with Gasteiger partial charge in [-0.15, -0.1) is 0 Å². The molecule has 1 fully saturated rings. The molecule has 0 spiro atoms. The van der Waals surface area contributed by atoms with Crippen LogP contribution in [0.1, 0.15) is 52.0 Å². The van der Waals surface area contributed by atoms with Crippen molar-refractivity contribution in [3.8, 4) is 0 Å². The highest BCUT2D eigenvalue weighted by Gasteiger charge is 2.31. The minimum absolute atomic E-state index is 0.492. The summed E-state index contributed by atoms with van der Waals surface area (Å²) < 4.78 is 0. The third kappa shape index (κ3) is 4.34. The third-order valence-corrected chi connectivity index (χ3v) is 5.85. The van der Waals surface area contributed by atoms with Gasteiger partial charge >= 0.3 is 0 Å². The van der Waals surface area contributed by atoms with Gasteiger partial charge in [-0.25, -0.2) is 0 Å². The lowest BCUT2D eigenvalue weighted by atomic mass is 9.69. The number of halogens is 1. The van der Waals surface area contributed by atoms with E-state index in [0.29, 0.717) is 10.2 Å². The first-order chi connectivity index (χ1) is 8.97. The highest BCUT2D eigenvalue weighted by atomic mass is 79.9. The fourth-order valence-corrected chi connectivity index (χ4v) is 4.26. The van der Waals surface area contributed by atoms with Gasteiger partial charge in [-0.05, 0) is 54.9 Å². The molecule has 106 valence electrons. The molecule has 1 heteroatoms. The summed E-state index contributed by atoms with van der Waals surface area (Å²) in [6.07, 6.45) is 6.77. The van der Waals surface area contributed by atoms with Gasteiger partial charge in [0.05, 0.1) is 0 Å². The summed E-state index contributed by atoms with van der Waals surface area (Å²) >= 11 is 3.95. The number of hydrogen-bond donors (Lipinski definition) is 0. The van der Waals surface area contributed by atoms with Gasteiger partial charge < -0.3 is 0 Å². The zero-order chi connectivity index (χ0) is 13.9.